The second-order valence-electron chi connectivity index (χ2n) is 10.7. The molecule has 0 aliphatic carbocycles. The van der Waals surface area contributed by atoms with Gasteiger partial charge in [-0.3, -0.25) is 14.4 Å². The fourth-order valence-corrected chi connectivity index (χ4v) is 5.82. The number of hydrogen-bond acceptors (Lipinski definition) is 6. The average Bonchev–Trinajstić information content (AvgIpc) is 3.12. The molecule has 0 saturated heterocycles. The van der Waals surface area contributed by atoms with Gasteiger partial charge in [0, 0.05) is 33.5 Å². The van der Waals surface area contributed by atoms with E-state index in [1.54, 1.807) is 67.8 Å². The van der Waals surface area contributed by atoms with Crippen LogP contribution in [0.3, 0.4) is 0 Å². The Morgan fingerprint density at radius 1 is 0.729 bits per heavy atom. The molecule has 0 aromatic heterocycles. The molecule has 0 fully saturated rings. The third-order valence-corrected chi connectivity index (χ3v) is 8.65. The van der Waals surface area contributed by atoms with Crippen molar-refractivity contribution >= 4 is 46.9 Å². The minimum absolute atomic E-state index is 0.0165. The van der Waals surface area contributed by atoms with Gasteiger partial charge in [0.05, 0.1) is 14.2 Å². The lowest BCUT2D eigenvalue weighted by atomic mass is 10.1. The minimum atomic E-state index is -0.530. The molecule has 3 amide bonds. The van der Waals surface area contributed by atoms with E-state index >= 15 is 0 Å². The Bertz CT molecular complexity index is 1910. The molecule has 48 heavy (non-hydrogen) atoms. The molecule has 1 unspecified atom stereocenters. The van der Waals surface area contributed by atoms with Gasteiger partial charge in [0.2, 0.25) is 5.91 Å². The molecule has 5 aromatic rings. The Morgan fingerprint density at radius 2 is 1.40 bits per heavy atom. The largest absolute Gasteiger partial charge is 0.497 e. The van der Waals surface area contributed by atoms with Crippen molar-refractivity contribution in [2.75, 3.05) is 24.9 Å². The number of aryl methyl sites for hydroxylation is 1. The van der Waals surface area contributed by atoms with E-state index in [1.165, 1.54) is 18.9 Å². The molecule has 3 N–H and O–H groups in total. The van der Waals surface area contributed by atoms with Crippen molar-refractivity contribution < 1.29 is 23.9 Å². The summed E-state index contributed by atoms with van der Waals surface area (Å²) in [5.41, 5.74) is 4.09. The van der Waals surface area contributed by atoms with Crippen molar-refractivity contribution in [1.29, 1.82) is 0 Å². The number of para-hydroxylation sites is 1. The van der Waals surface area contributed by atoms with Crippen LogP contribution in [0.15, 0.2) is 138 Å². The highest BCUT2D eigenvalue weighted by atomic mass is 32.2. The van der Waals surface area contributed by atoms with Crippen LogP contribution in [-0.2, 0) is 9.59 Å². The van der Waals surface area contributed by atoms with E-state index in [9.17, 15) is 14.4 Å². The number of thioether (sulfide) groups is 1. The van der Waals surface area contributed by atoms with Crippen LogP contribution >= 0.6 is 11.8 Å². The lowest BCUT2D eigenvalue weighted by molar-refractivity contribution is -0.116. The molecule has 242 valence electrons. The number of amides is 3. The monoisotopic (exact) mass is 657 g/mol. The zero-order valence-electron chi connectivity index (χ0n) is 26.7. The van der Waals surface area contributed by atoms with E-state index in [2.05, 4.69) is 16.0 Å². The van der Waals surface area contributed by atoms with E-state index in [0.29, 0.717) is 28.3 Å². The third-order valence-electron chi connectivity index (χ3n) is 7.38. The first kappa shape index (κ1) is 33.6. The molecule has 5 aromatic carbocycles. The molecule has 0 saturated carbocycles. The van der Waals surface area contributed by atoms with Gasteiger partial charge in [-0.25, -0.2) is 0 Å². The lowest BCUT2D eigenvalue weighted by Crippen LogP contribution is -2.30. The molecule has 0 aliphatic rings. The Balaban J connectivity index is 1.36. The molecule has 5 rings (SSSR count). The van der Waals surface area contributed by atoms with Crippen molar-refractivity contribution in [3.8, 4) is 11.5 Å². The van der Waals surface area contributed by atoms with Gasteiger partial charge in [0.15, 0.2) is 0 Å². The fraction of sp³-hybridized carbons (Fsp3) is 0.103. The number of nitrogens with one attached hydrogen (secondary N) is 3. The standard InChI is InChI=1S/C39H35N3O5S/c1-26-12-10-11-17-33(26)41-39(45)36(27-13-6-4-7-14-27)48-32-22-19-30(20-23-32)40-38(44)34(42-37(43)28-15-8-5-9-16-28)24-29-18-21-31(46-2)25-35(29)47-3/h4-25,36H,1-3H3,(H,40,44)(H,41,45)(H,42,43)/b34-24-. The Labute approximate surface area is 284 Å². The summed E-state index contributed by atoms with van der Waals surface area (Å²) in [7, 11) is 3.07. The average molecular weight is 658 g/mol. The number of methoxy groups -OCH3 is 2. The van der Waals surface area contributed by atoms with Gasteiger partial charge in [-0.1, -0.05) is 66.7 Å². The van der Waals surface area contributed by atoms with Gasteiger partial charge >= 0.3 is 0 Å². The summed E-state index contributed by atoms with van der Waals surface area (Å²) in [6, 6.07) is 38.3. The van der Waals surface area contributed by atoms with Gasteiger partial charge in [0.1, 0.15) is 22.4 Å². The van der Waals surface area contributed by atoms with Gasteiger partial charge in [-0.05, 0) is 78.7 Å². The van der Waals surface area contributed by atoms with Gasteiger partial charge < -0.3 is 25.4 Å². The Morgan fingerprint density at radius 3 is 2.06 bits per heavy atom. The molecule has 9 heteroatoms. The van der Waals surface area contributed by atoms with Gasteiger partial charge in [-0.2, -0.15) is 0 Å². The van der Waals surface area contributed by atoms with Crippen LogP contribution in [0.5, 0.6) is 11.5 Å². The highest BCUT2D eigenvalue weighted by Crippen LogP contribution is 2.37. The molecule has 0 bridgehead atoms. The summed E-state index contributed by atoms with van der Waals surface area (Å²) in [6.07, 6.45) is 1.55. The number of carbonyl (C=O) groups excluding carboxylic acids is 3. The maximum absolute atomic E-state index is 13.6. The Hall–Kier alpha value is -5.80. The van der Waals surface area contributed by atoms with Crippen LogP contribution in [-0.4, -0.2) is 31.9 Å². The van der Waals surface area contributed by atoms with Crippen LogP contribution < -0.4 is 25.4 Å². The van der Waals surface area contributed by atoms with E-state index < -0.39 is 17.1 Å². The summed E-state index contributed by atoms with van der Waals surface area (Å²) in [6.45, 7) is 1.95. The second-order valence-corrected chi connectivity index (χ2v) is 11.9. The smallest absolute Gasteiger partial charge is 0.272 e. The van der Waals surface area contributed by atoms with Crippen LogP contribution in [0.2, 0.25) is 0 Å². The minimum Gasteiger partial charge on any atom is -0.497 e. The van der Waals surface area contributed by atoms with Crippen LogP contribution in [0, 0.1) is 6.92 Å². The number of anilines is 2. The summed E-state index contributed by atoms with van der Waals surface area (Å²) in [5, 5.41) is 8.17. The SMILES string of the molecule is COc1ccc(/C=C(\NC(=O)c2ccccc2)C(=O)Nc2ccc(SC(C(=O)Nc3ccccc3C)c3ccccc3)cc2)c(OC)c1. The number of rotatable bonds is 12. The maximum Gasteiger partial charge on any atom is 0.272 e. The quantitative estimate of drug-likeness (QED) is 0.0931. The molecule has 0 spiro atoms. The number of carbonyl (C=O) groups is 3. The van der Waals surface area contributed by atoms with Gasteiger partial charge in [-0.15, -0.1) is 11.8 Å². The molecule has 0 aliphatic heterocycles. The summed E-state index contributed by atoms with van der Waals surface area (Å²) in [4.78, 5) is 41.1. The zero-order chi connectivity index (χ0) is 33.9. The number of hydrogen-bond donors (Lipinski definition) is 3. The third kappa shape index (κ3) is 8.71. The first-order chi connectivity index (χ1) is 23.3. The summed E-state index contributed by atoms with van der Waals surface area (Å²) in [5.74, 6) is -0.0573. The van der Waals surface area contributed by atoms with Crippen molar-refractivity contribution in [2.45, 2.75) is 17.1 Å². The van der Waals surface area contributed by atoms with Crippen molar-refractivity contribution in [3.05, 3.63) is 155 Å². The molecule has 8 nitrogen and oxygen atoms in total. The van der Waals surface area contributed by atoms with E-state index in [4.69, 9.17) is 9.47 Å². The molecule has 0 heterocycles. The maximum atomic E-state index is 13.6. The van der Waals surface area contributed by atoms with Crippen LogP contribution in [0.25, 0.3) is 6.08 Å². The van der Waals surface area contributed by atoms with Crippen LogP contribution in [0.1, 0.15) is 32.3 Å². The van der Waals surface area contributed by atoms with Crippen LogP contribution in [0.4, 0.5) is 11.4 Å². The fourth-order valence-electron chi connectivity index (χ4n) is 4.80. The van der Waals surface area contributed by atoms with E-state index in [-0.39, 0.29) is 11.6 Å². The predicted octanol–water partition coefficient (Wildman–Crippen LogP) is 7.89. The van der Waals surface area contributed by atoms with E-state index in [0.717, 1.165) is 21.7 Å². The predicted molar refractivity (Wildman–Crippen MR) is 191 cm³/mol. The highest BCUT2D eigenvalue weighted by Gasteiger charge is 2.23. The lowest BCUT2D eigenvalue weighted by Gasteiger charge is -2.18. The highest BCUT2D eigenvalue weighted by molar-refractivity contribution is 8.00. The summed E-state index contributed by atoms with van der Waals surface area (Å²) < 4.78 is 10.8. The molecular weight excluding hydrogens is 623 g/mol. The number of benzene rings is 5. The molecular formula is C39H35N3O5S. The molecule has 1 atom stereocenters. The van der Waals surface area contributed by atoms with Crippen molar-refractivity contribution in [1.82, 2.24) is 5.32 Å². The summed E-state index contributed by atoms with van der Waals surface area (Å²) >= 11 is 1.41. The van der Waals surface area contributed by atoms with Crippen molar-refractivity contribution in [2.24, 2.45) is 0 Å². The Kier molecular flexibility index (Phi) is 11.3. The second kappa shape index (κ2) is 16.2. The zero-order valence-corrected chi connectivity index (χ0v) is 27.5. The molecule has 0 radical (unpaired) electrons. The normalized spacial score (nSPS) is 11.6. The number of ether oxygens (including phenoxy) is 2. The topological polar surface area (TPSA) is 106 Å². The first-order valence-corrected chi connectivity index (χ1v) is 16.0. The van der Waals surface area contributed by atoms with Gasteiger partial charge in [0.25, 0.3) is 11.8 Å². The van der Waals surface area contributed by atoms with E-state index in [1.807, 2.05) is 79.7 Å². The van der Waals surface area contributed by atoms with Crippen molar-refractivity contribution in [3.63, 3.8) is 0 Å². The first-order valence-electron chi connectivity index (χ1n) is 15.1.